The van der Waals surface area contributed by atoms with Crippen molar-refractivity contribution in [3.63, 3.8) is 0 Å². The molecule has 1 N–H and O–H groups in total. The molecule has 0 amide bonds. The fourth-order valence-electron chi connectivity index (χ4n) is 1.95. The van der Waals surface area contributed by atoms with Crippen LogP contribution >= 0.6 is 0 Å². The number of hydrogen-bond acceptors (Lipinski definition) is 4. The van der Waals surface area contributed by atoms with Crippen molar-refractivity contribution >= 4 is 11.9 Å². The van der Waals surface area contributed by atoms with Gasteiger partial charge in [0.1, 0.15) is 11.4 Å². The second-order valence-corrected chi connectivity index (χ2v) is 6.33. The molecule has 0 fully saturated rings. The van der Waals surface area contributed by atoms with Crippen LogP contribution in [0.4, 0.5) is 0 Å². The molecule has 0 aromatic heterocycles. The first kappa shape index (κ1) is 18.0. The lowest BCUT2D eigenvalue weighted by atomic mass is 9.96. The third kappa shape index (κ3) is 5.06. The molecule has 0 radical (unpaired) electrons. The molecule has 0 spiro atoms. The molecule has 0 unspecified atom stereocenters. The second-order valence-electron chi connectivity index (χ2n) is 6.33. The molecule has 1 aromatic rings. The highest BCUT2D eigenvalue weighted by molar-refractivity contribution is 5.85. The number of hydrogen-bond donors (Lipinski definition) is 1. The number of benzene rings is 1. The van der Waals surface area contributed by atoms with Crippen LogP contribution in [0.2, 0.25) is 0 Å². The number of rotatable bonds is 6. The van der Waals surface area contributed by atoms with Crippen LogP contribution in [0.25, 0.3) is 0 Å². The summed E-state index contributed by atoms with van der Waals surface area (Å²) in [6, 6.07) is 7.03. The molecule has 1 atom stereocenters. The van der Waals surface area contributed by atoms with Gasteiger partial charge in [0, 0.05) is 0 Å². The topological polar surface area (TPSA) is 72.8 Å². The van der Waals surface area contributed by atoms with Crippen LogP contribution in [0.1, 0.15) is 46.1 Å². The van der Waals surface area contributed by atoms with E-state index < -0.39 is 23.1 Å². The molecular formula is C17H24O5. The predicted octanol–water partition coefficient (Wildman–Crippen LogP) is 3.34. The van der Waals surface area contributed by atoms with Crippen LogP contribution in [0.5, 0.6) is 5.75 Å². The van der Waals surface area contributed by atoms with Crippen LogP contribution < -0.4 is 4.74 Å². The number of aryl methyl sites for hydroxylation is 1. The third-order valence-electron chi connectivity index (χ3n) is 3.14. The van der Waals surface area contributed by atoms with E-state index in [1.54, 1.807) is 39.8 Å². The van der Waals surface area contributed by atoms with E-state index in [1.165, 1.54) is 0 Å². The Balaban J connectivity index is 2.97. The molecule has 5 nitrogen and oxygen atoms in total. The molecule has 0 heterocycles. The van der Waals surface area contributed by atoms with Gasteiger partial charge in [0.15, 0.2) is 0 Å². The Morgan fingerprint density at radius 3 is 2.09 bits per heavy atom. The van der Waals surface area contributed by atoms with Crippen LogP contribution in [-0.2, 0) is 14.3 Å². The Kier molecular flexibility index (Phi) is 5.58. The smallest absolute Gasteiger partial charge is 0.348 e. The summed E-state index contributed by atoms with van der Waals surface area (Å²) >= 11 is 0. The summed E-state index contributed by atoms with van der Waals surface area (Å²) in [6.07, 6.45) is -0.195. The van der Waals surface area contributed by atoms with Gasteiger partial charge in [-0.2, -0.15) is 0 Å². The monoisotopic (exact) mass is 308 g/mol. The molecule has 0 bridgehead atoms. The highest BCUT2D eigenvalue weighted by atomic mass is 16.6. The van der Waals surface area contributed by atoms with Gasteiger partial charge in [-0.25, -0.2) is 4.79 Å². The average Bonchev–Trinajstić information content (AvgIpc) is 2.38. The number of carbonyl (C=O) groups excluding carboxylic acids is 1. The number of carboxylic acids is 1. The first-order chi connectivity index (χ1) is 10.1. The van der Waals surface area contributed by atoms with Crippen molar-refractivity contribution < 1.29 is 24.2 Å². The zero-order chi connectivity index (χ0) is 17.0. The van der Waals surface area contributed by atoms with E-state index in [1.807, 2.05) is 19.1 Å². The van der Waals surface area contributed by atoms with Crippen molar-refractivity contribution in [2.75, 3.05) is 0 Å². The molecule has 0 saturated heterocycles. The van der Waals surface area contributed by atoms with Gasteiger partial charge in [-0.1, -0.05) is 24.6 Å². The Labute approximate surface area is 131 Å². The van der Waals surface area contributed by atoms with E-state index >= 15 is 0 Å². The van der Waals surface area contributed by atoms with Crippen LogP contribution in [0.15, 0.2) is 24.3 Å². The molecule has 0 aliphatic heterocycles. The van der Waals surface area contributed by atoms with Crippen molar-refractivity contribution in [2.24, 2.45) is 0 Å². The van der Waals surface area contributed by atoms with Gasteiger partial charge in [-0.3, -0.25) is 4.79 Å². The average molecular weight is 308 g/mol. The Hall–Kier alpha value is -2.04. The SMILES string of the molecule is CC[C@@](CC(=O)OC(C)(C)C)(Oc1ccc(C)cc1)C(=O)O. The minimum atomic E-state index is -1.63. The van der Waals surface area contributed by atoms with Crippen molar-refractivity contribution in [2.45, 2.75) is 58.7 Å². The molecular weight excluding hydrogens is 284 g/mol. The summed E-state index contributed by atoms with van der Waals surface area (Å²) in [4.78, 5) is 23.7. The lowest BCUT2D eigenvalue weighted by molar-refractivity contribution is -0.170. The van der Waals surface area contributed by atoms with E-state index in [0.29, 0.717) is 5.75 Å². The van der Waals surface area contributed by atoms with E-state index in [9.17, 15) is 14.7 Å². The highest BCUT2D eigenvalue weighted by Gasteiger charge is 2.43. The minimum Gasteiger partial charge on any atom is -0.478 e. The maximum Gasteiger partial charge on any atom is 0.348 e. The van der Waals surface area contributed by atoms with Gasteiger partial charge in [0.2, 0.25) is 5.60 Å². The summed E-state index contributed by atoms with van der Waals surface area (Å²) in [5.41, 5.74) is -1.26. The summed E-state index contributed by atoms with van der Waals surface area (Å²) in [5.74, 6) is -1.36. The van der Waals surface area contributed by atoms with Gasteiger partial charge in [-0.05, 0) is 46.2 Å². The summed E-state index contributed by atoms with van der Waals surface area (Å²) in [7, 11) is 0. The highest BCUT2D eigenvalue weighted by Crippen LogP contribution is 2.27. The van der Waals surface area contributed by atoms with Gasteiger partial charge in [0.05, 0.1) is 6.42 Å². The van der Waals surface area contributed by atoms with E-state index in [-0.39, 0.29) is 12.8 Å². The van der Waals surface area contributed by atoms with Crippen molar-refractivity contribution in [1.82, 2.24) is 0 Å². The lowest BCUT2D eigenvalue weighted by Gasteiger charge is -2.30. The molecule has 5 heteroatoms. The lowest BCUT2D eigenvalue weighted by Crippen LogP contribution is -2.47. The number of aliphatic carboxylic acids is 1. The maximum absolute atomic E-state index is 12.0. The maximum atomic E-state index is 12.0. The number of esters is 1. The number of carbonyl (C=O) groups is 2. The van der Waals surface area contributed by atoms with E-state index in [0.717, 1.165) is 5.56 Å². The molecule has 0 aliphatic rings. The zero-order valence-electron chi connectivity index (χ0n) is 13.8. The standard InChI is InChI=1S/C17H24O5/c1-6-17(15(19)20,11-14(18)22-16(3,4)5)21-13-9-7-12(2)8-10-13/h7-10H,6,11H2,1-5H3,(H,19,20)/t17-/m0/s1. The summed E-state index contributed by atoms with van der Waals surface area (Å²) in [6.45, 7) is 8.81. The van der Waals surface area contributed by atoms with Gasteiger partial charge in [0.25, 0.3) is 0 Å². The number of carboxylic acid groups (broad SMARTS) is 1. The van der Waals surface area contributed by atoms with E-state index in [2.05, 4.69) is 0 Å². The molecule has 1 aromatic carbocycles. The van der Waals surface area contributed by atoms with Gasteiger partial charge in [-0.15, -0.1) is 0 Å². The first-order valence-corrected chi connectivity index (χ1v) is 7.29. The van der Waals surface area contributed by atoms with E-state index in [4.69, 9.17) is 9.47 Å². The normalized spacial score (nSPS) is 14.0. The van der Waals surface area contributed by atoms with Gasteiger partial charge >= 0.3 is 11.9 Å². The molecule has 122 valence electrons. The number of ether oxygens (including phenoxy) is 2. The Bertz CT molecular complexity index is 527. The van der Waals surface area contributed by atoms with Crippen LogP contribution in [0.3, 0.4) is 0 Å². The van der Waals surface area contributed by atoms with Crippen molar-refractivity contribution in [1.29, 1.82) is 0 Å². The predicted molar refractivity (Wildman–Crippen MR) is 82.9 cm³/mol. The molecule has 1 rings (SSSR count). The summed E-state index contributed by atoms with van der Waals surface area (Å²) < 4.78 is 10.9. The largest absolute Gasteiger partial charge is 0.478 e. The Morgan fingerprint density at radius 2 is 1.68 bits per heavy atom. The van der Waals surface area contributed by atoms with Crippen molar-refractivity contribution in [3.05, 3.63) is 29.8 Å². The van der Waals surface area contributed by atoms with Crippen LogP contribution in [-0.4, -0.2) is 28.2 Å². The van der Waals surface area contributed by atoms with Crippen LogP contribution in [0, 0.1) is 6.92 Å². The minimum absolute atomic E-state index is 0.148. The van der Waals surface area contributed by atoms with Gasteiger partial charge < -0.3 is 14.6 Å². The third-order valence-corrected chi connectivity index (χ3v) is 3.14. The second kappa shape index (κ2) is 6.81. The fourth-order valence-corrected chi connectivity index (χ4v) is 1.95. The molecule has 0 aliphatic carbocycles. The fraction of sp³-hybridized carbons (Fsp3) is 0.529. The van der Waals surface area contributed by atoms with Crippen molar-refractivity contribution in [3.8, 4) is 5.75 Å². The molecule has 22 heavy (non-hydrogen) atoms. The Morgan fingerprint density at radius 1 is 1.14 bits per heavy atom. The zero-order valence-corrected chi connectivity index (χ0v) is 13.8. The first-order valence-electron chi connectivity index (χ1n) is 7.29. The quantitative estimate of drug-likeness (QED) is 0.816. The molecule has 0 saturated carbocycles. The summed E-state index contributed by atoms with van der Waals surface area (Å²) in [5, 5.41) is 9.55.